The Balaban J connectivity index is 0.994. The molecule has 8 rings (SSSR count). The average molecular weight is 690 g/mol. The van der Waals surface area contributed by atoms with Crippen LogP contribution in [0.1, 0.15) is 65.1 Å². The standard InChI is InChI=1S/C39H40N6O6/c1-42-21-30(28-18-35(44-11-4-12-44)40-19-29(28)38(42)48)25-16-33(50-2)31(34(17-25)51-3)22-43-13-9-23(10-14-43)24-5-6-27-26(15-24)20-45(39(27)49)32-7-8-36(46)41-37(32)47/h5-6,15-19,21,23,32H,2,4,7-14,20,22H2,1,3H3/p+1. The van der Waals surface area contributed by atoms with Crippen molar-refractivity contribution in [3.05, 3.63) is 81.4 Å². The molecule has 4 aliphatic heterocycles. The Hall–Kier alpha value is -5.36. The van der Waals surface area contributed by atoms with Crippen LogP contribution in [-0.2, 0) is 34.2 Å². The fourth-order valence-corrected chi connectivity index (χ4v) is 8.04. The molecule has 0 saturated carbocycles. The lowest BCUT2D eigenvalue weighted by atomic mass is 9.87. The summed E-state index contributed by atoms with van der Waals surface area (Å²) in [5.41, 5.74) is 5.34. The highest BCUT2D eigenvalue weighted by molar-refractivity contribution is 6.05. The van der Waals surface area contributed by atoms with Gasteiger partial charge >= 0.3 is 5.75 Å². The van der Waals surface area contributed by atoms with E-state index >= 15 is 0 Å². The minimum Gasteiger partial charge on any atom is -0.496 e. The van der Waals surface area contributed by atoms with Crippen LogP contribution in [0.15, 0.2) is 53.6 Å². The number of hydrogen-bond acceptors (Lipinski definition) is 8. The fourth-order valence-electron chi connectivity index (χ4n) is 8.04. The van der Waals surface area contributed by atoms with Gasteiger partial charge in [-0.2, -0.15) is 0 Å². The average Bonchev–Trinajstić information content (AvgIpc) is 3.44. The van der Waals surface area contributed by atoms with Gasteiger partial charge in [0.25, 0.3) is 18.3 Å². The summed E-state index contributed by atoms with van der Waals surface area (Å²) in [6.07, 6.45) is 7.16. The predicted molar refractivity (Wildman–Crippen MR) is 192 cm³/mol. The molecular formula is C39H41N6O6+. The monoisotopic (exact) mass is 689 g/mol. The second-order valence-corrected chi connectivity index (χ2v) is 14.1. The van der Waals surface area contributed by atoms with E-state index in [2.05, 4.69) is 33.0 Å². The van der Waals surface area contributed by atoms with Gasteiger partial charge in [0.05, 0.1) is 18.6 Å². The third-order valence-corrected chi connectivity index (χ3v) is 11.1. The van der Waals surface area contributed by atoms with E-state index in [4.69, 9.17) is 9.16 Å². The summed E-state index contributed by atoms with van der Waals surface area (Å²) in [4.78, 5) is 61.2. The number of anilines is 1. The number of amides is 3. The molecule has 0 bridgehead atoms. The quantitative estimate of drug-likeness (QED) is 0.217. The smallest absolute Gasteiger partial charge is 0.360 e. The third kappa shape index (κ3) is 5.86. The summed E-state index contributed by atoms with van der Waals surface area (Å²) in [5.74, 6) is 1.68. The minimum atomic E-state index is -0.617. The van der Waals surface area contributed by atoms with Crippen molar-refractivity contribution in [2.75, 3.05) is 38.2 Å². The second kappa shape index (κ2) is 13.1. The largest absolute Gasteiger partial charge is 0.496 e. The first-order valence-electron chi connectivity index (χ1n) is 17.6. The Kier molecular flexibility index (Phi) is 8.41. The zero-order valence-electron chi connectivity index (χ0n) is 28.9. The summed E-state index contributed by atoms with van der Waals surface area (Å²) >= 11 is 0. The number of imide groups is 1. The Morgan fingerprint density at radius 2 is 1.78 bits per heavy atom. The van der Waals surface area contributed by atoms with Crippen LogP contribution >= 0.6 is 0 Å². The number of piperidine rings is 2. The highest BCUT2D eigenvalue weighted by atomic mass is 16.5. The first-order valence-corrected chi connectivity index (χ1v) is 17.6. The van der Waals surface area contributed by atoms with E-state index in [0.29, 0.717) is 47.9 Å². The van der Waals surface area contributed by atoms with Gasteiger partial charge in [-0.25, -0.2) is 9.41 Å². The van der Waals surface area contributed by atoms with Gasteiger partial charge in [-0.05, 0) is 79.6 Å². The number of carbonyl (C=O) groups is 3. The van der Waals surface area contributed by atoms with Crippen molar-refractivity contribution in [2.24, 2.45) is 7.05 Å². The zero-order chi connectivity index (χ0) is 35.4. The highest BCUT2D eigenvalue weighted by Gasteiger charge is 2.39. The predicted octanol–water partition coefficient (Wildman–Crippen LogP) is 4.04. The number of fused-ring (bicyclic) bond motifs is 2. The Morgan fingerprint density at radius 3 is 2.49 bits per heavy atom. The third-order valence-electron chi connectivity index (χ3n) is 11.1. The van der Waals surface area contributed by atoms with E-state index in [0.717, 1.165) is 78.9 Å². The van der Waals surface area contributed by atoms with E-state index in [1.807, 2.05) is 36.5 Å². The number of pyridine rings is 2. The van der Waals surface area contributed by atoms with Crippen molar-refractivity contribution in [1.82, 2.24) is 24.7 Å². The van der Waals surface area contributed by atoms with Crippen LogP contribution in [0.5, 0.6) is 11.5 Å². The maximum Gasteiger partial charge on any atom is 0.360 e. The van der Waals surface area contributed by atoms with Gasteiger partial charge in [-0.15, -0.1) is 0 Å². The molecule has 3 amide bonds. The first-order chi connectivity index (χ1) is 24.7. The van der Waals surface area contributed by atoms with Crippen LogP contribution in [0, 0.1) is 0 Å². The molecule has 2 aromatic carbocycles. The molecule has 1 N–H and O–H groups in total. The number of methoxy groups -OCH3 is 1. The molecule has 12 heteroatoms. The lowest BCUT2D eigenvalue weighted by Gasteiger charge is -2.32. The van der Waals surface area contributed by atoms with Crippen molar-refractivity contribution in [3.8, 4) is 22.6 Å². The zero-order valence-corrected chi connectivity index (χ0v) is 28.9. The van der Waals surface area contributed by atoms with Crippen molar-refractivity contribution >= 4 is 41.1 Å². The number of likely N-dealkylation sites (tertiary alicyclic amines) is 1. The Bertz CT molecular complexity index is 2170. The number of rotatable bonds is 8. The summed E-state index contributed by atoms with van der Waals surface area (Å²) in [6, 6.07) is 11.4. The molecule has 4 aromatic rings. The summed E-state index contributed by atoms with van der Waals surface area (Å²) < 4.78 is 13.3. The number of carbonyl (C=O) groups excluding carboxylic acids is 4. The molecule has 1 unspecified atom stereocenters. The summed E-state index contributed by atoms with van der Waals surface area (Å²) in [7, 11) is 3.41. The van der Waals surface area contributed by atoms with Gasteiger partial charge < -0.3 is 19.1 Å². The number of nitrogens with one attached hydrogen (secondary N) is 1. The van der Waals surface area contributed by atoms with Crippen LogP contribution < -0.4 is 20.5 Å². The lowest BCUT2D eigenvalue weighted by Crippen LogP contribution is -2.52. The van der Waals surface area contributed by atoms with Crippen molar-refractivity contribution in [3.63, 3.8) is 0 Å². The molecule has 1 atom stereocenters. The second-order valence-electron chi connectivity index (χ2n) is 14.1. The number of ether oxygens (including phenoxy) is 1. The highest BCUT2D eigenvalue weighted by Crippen LogP contribution is 2.40. The van der Waals surface area contributed by atoms with Crippen LogP contribution in [0.25, 0.3) is 21.9 Å². The minimum absolute atomic E-state index is 0.0976. The molecule has 51 heavy (non-hydrogen) atoms. The summed E-state index contributed by atoms with van der Waals surface area (Å²) in [5, 5.41) is 3.76. The molecule has 3 fully saturated rings. The number of benzene rings is 2. The topological polar surface area (TPSA) is 128 Å². The Morgan fingerprint density at radius 1 is 0.980 bits per heavy atom. The summed E-state index contributed by atoms with van der Waals surface area (Å²) in [6.45, 7) is 8.43. The molecule has 4 aliphatic rings. The maximum atomic E-state index is 13.2. The Labute approximate surface area is 295 Å². The lowest BCUT2D eigenvalue weighted by molar-refractivity contribution is -0.355. The van der Waals surface area contributed by atoms with E-state index in [1.165, 1.54) is 5.56 Å². The van der Waals surface area contributed by atoms with E-state index in [9.17, 15) is 19.2 Å². The van der Waals surface area contributed by atoms with Gasteiger partial charge in [0.1, 0.15) is 23.2 Å². The number of hydrogen-bond donors (Lipinski definition) is 1. The first kappa shape index (κ1) is 32.8. The van der Waals surface area contributed by atoms with Crippen LogP contribution in [0.4, 0.5) is 5.82 Å². The molecule has 12 nitrogen and oxygen atoms in total. The van der Waals surface area contributed by atoms with Gasteiger partial charge in [-0.1, -0.05) is 12.1 Å². The molecule has 0 spiro atoms. The molecule has 0 aliphatic carbocycles. The van der Waals surface area contributed by atoms with Gasteiger partial charge in [-0.3, -0.25) is 29.4 Å². The SMILES string of the molecule is C=[O+]c1cc(-c2cn(C)c(=O)c3cnc(N4CCC4)cc23)cc(OC)c1CN1CCC(c2ccc3c(c2)CN(C2CCC(=O)NC2=O)C3=O)CC1. The van der Waals surface area contributed by atoms with E-state index in [-0.39, 0.29) is 23.8 Å². The number of aromatic nitrogens is 2. The molecule has 2 aromatic heterocycles. The molecule has 3 saturated heterocycles. The molecule has 0 radical (unpaired) electrons. The molecular weight excluding hydrogens is 648 g/mol. The van der Waals surface area contributed by atoms with Crippen molar-refractivity contribution < 1.29 is 23.5 Å². The maximum absolute atomic E-state index is 13.2. The van der Waals surface area contributed by atoms with Crippen molar-refractivity contribution in [2.45, 2.75) is 57.2 Å². The fraction of sp³-hybridized carbons (Fsp3) is 0.385. The van der Waals surface area contributed by atoms with Crippen LogP contribution in [0.3, 0.4) is 0 Å². The van der Waals surface area contributed by atoms with E-state index < -0.39 is 11.9 Å². The van der Waals surface area contributed by atoms with Gasteiger partial charge in [0, 0.05) is 68.6 Å². The van der Waals surface area contributed by atoms with Crippen LogP contribution in [0.2, 0.25) is 0 Å². The van der Waals surface area contributed by atoms with Crippen LogP contribution in [-0.4, -0.2) is 83.2 Å². The molecule has 262 valence electrons. The van der Waals surface area contributed by atoms with Gasteiger partial charge in [0.2, 0.25) is 11.8 Å². The number of nitrogens with zero attached hydrogens (tertiary/aromatic N) is 5. The van der Waals surface area contributed by atoms with Crippen molar-refractivity contribution in [1.29, 1.82) is 0 Å². The molecule has 6 heterocycles. The van der Waals surface area contributed by atoms with Gasteiger partial charge in [0.15, 0.2) is 0 Å². The normalized spacial score (nSPS) is 19.6. The number of aryl methyl sites for hydroxylation is 1. The van der Waals surface area contributed by atoms with E-state index in [1.54, 1.807) is 29.8 Å².